The number of aromatic nitrogens is 2. The van der Waals surface area contributed by atoms with Gasteiger partial charge in [-0.3, -0.25) is 14.6 Å². The number of alkyl halides is 3. The lowest BCUT2D eigenvalue weighted by Gasteiger charge is -2.25. The van der Waals surface area contributed by atoms with Crippen LogP contribution in [0.5, 0.6) is 0 Å². The van der Waals surface area contributed by atoms with Gasteiger partial charge in [-0.05, 0) is 32.4 Å². The van der Waals surface area contributed by atoms with Crippen molar-refractivity contribution >= 4 is 5.96 Å². The van der Waals surface area contributed by atoms with E-state index in [4.69, 9.17) is 0 Å². The molecule has 1 atom stereocenters. The zero-order valence-electron chi connectivity index (χ0n) is 14.7. The molecule has 1 aromatic rings. The number of aliphatic imine (C=N–C) groups is 1. The first-order chi connectivity index (χ1) is 11.9. The van der Waals surface area contributed by atoms with Gasteiger partial charge in [0.1, 0.15) is 0 Å². The fourth-order valence-electron chi connectivity index (χ4n) is 3.75. The number of guanidine groups is 1. The average Bonchev–Trinajstić information content (AvgIpc) is 3.26. The molecule has 2 aliphatic rings. The molecule has 2 aliphatic heterocycles. The van der Waals surface area contributed by atoms with E-state index in [9.17, 15) is 13.2 Å². The number of hydrogen-bond donors (Lipinski definition) is 1. The van der Waals surface area contributed by atoms with Crippen molar-refractivity contribution in [3.8, 4) is 0 Å². The van der Waals surface area contributed by atoms with Gasteiger partial charge in [0.15, 0.2) is 11.7 Å². The van der Waals surface area contributed by atoms with Gasteiger partial charge in [-0.2, -0.15) is 18.3 Å². The number of likely N-dealkylation sites (tertiary alicyclic amines) is 2. The summed E-state index contributed by atoms with van der Waals surface area (Å²) in [5, 5.41) is 6.61. The first kappa shape index (κ1) is 18.0. The van der Waals surface area contributed by atoms with Gasteiger partial charge in [0.2, 0.25) is 0 Å². The van der Waals surface area contributed by atoms with Crippen molar-refractivity contribution in [1.29, 1.82) is 0 Å². The molecule has 9 heteroatoms. The maximum absolute atomic E-state index is 13.0. The van der Waals surface area contributed by atoms with Crippen LogP contribution in [-0.4, -0.2) is 64.8 Å². The smallest absolute Gasteiger partial charge is 0.352 e. The van der Waals surface area contributed by atoms with E-state index in [-0.39, 0.29) is 12.1 Å². The summed E-state index contributed by atoms with van der Waals surface area (Å²) in [7, 11) is 3.16. The fourth-order valence-corrected chi connectivity index (χ4v) is 3.75. The number of aryl methyl sites for hydroxylation is 1. The van der Waals surface area contributed by atoms with E-state index in [2.05, 4.69) is 25.2 Å². The largest absolute Gasteiger partial charge is 0.435 e. The molecular weight excluding hydrogens is 333 g/mol. The second-order valence-corrected chi connectivity index (χ2v) is 6.71. The van der Waals surface area contributed by atoms with Gasteiger partial charge in [0.05, 0.1) is 0 Å². The van der Waals surface area contributed by atoms with Crippen LogP contribution in [0.15, 0.2) is 11.2 Å². The molecule has 0 aliphatic carbocycles. The van der Waals surface area contributed by atoms with Crippen molar-refractivity contribution in [3.05, 3.63) is 17.5 Å². The summed E-state index contributed by atoms with van der Waals surface area (Å²) < 4.78 is 40.3. The molecule has 0 spiro atoms. The molecule has 1 N–H and O–H groups in total. The number of rotatable bonds is 3. The second kappa shape index (κ2) is 7.23. The Morgan fingerprint density at radius 1 is 1.32 bits per heavy atom. The van der Waals surface area contributed by atoms with Crippen LogP contribution < -0.4 is 5.32 Å². The molecule has 2 fully saturated rings. The Labute approximate surface area is 145 Å². The van der Waals surface area contributed by atoms with E-state index in [0.29, 0.717) is 12.0 Å². The second-order valence-electron chi connectivity index (χ2n) is 6.71. The Hall–Kier alpha value is -1.77. The third-order valence-corrected chi connectivity index (χ3v) is 4.94. The van der Waals surface area contributed by atoms with Crippen LogP contribution in [0.1, 0.15) is 30.5 Å². The minimum absolute atomic E-state index is 0.0558. The monoisotopic (exact) mass is 358 g/mol. The van der Waals surface area contributed by atoms with Gasteiger partial charge in [0.25, 0.3) is 0 Å². The van der Waals surface area contributed by atoms with E-state index < -0.39 is 11.9 Å². The molecule has 0 aromatic carbocycles. The van der Waals surface area contributed by atoms with Gasteiger partial charge in [-0.25, -0.2) is 0 Å². The van der Waals surface area contributed by atoms with Crippen molar-refractivity contribution in [2.24, 2.45) is 12.0 Å². The van der Waals surface area contributed by atoms with Crippen LogP contribution in [0.25, 0.3) is 0 Å². The topological polar surface area (TPSA) is 48.7 Å². The number of hydrogen-bond acceptors (Lipinski definition) is 3. The minimum atomic E-state index is -4.45. The summed E-state index contributed by atoms with van der Waals surface area (Å²) in [6.07, 6.45) is 0.535. The Balaban J connectivity index is 1.60. The standard InChI is InChI=1S/C16H25F3N6/c1-20-15(25-8-5-13(11-25)24-6-3-4-7-24)21-9-12-10-23(2)22-14(12)16(17,18)19/h10,13H,3-9,11H2,1-2H3,(H,20,21). The summed E-state index contributed by atoms with van der Waals surface area (Å²) >= 11 is 0. The highest BCUT2D eigenvalue weighted by atomic mass is 19.4. The normalized spacial score (nSPS) is 22.8. The molecule has 1 unspecified atom stereocenters. The summed E-state index contributed by atoms with van der Waals surface area (Å²) in [5.41, 5.74) is -0.708. The van der Waals surface area contributed by atoms with E-state index in [1.165, 1.54) is 30.8 Å². The highest BCUT2D eigenvalue weighted by Crippen LogP contribution is 2.30. The number of halogens is 3. The van der Waals surface area contributed by atoms with Crippen molar-refractivity contribution in [1.82, 2.24) is 24.9 Å². The van der Waals surface area contributed by atoms with Gasteiger partial charge >= 0.3 is 6.18 Å². The Morgan fingerprint density at radius 3 is 2.68 bits per heavy atom. The van der Waals surface area contributed by atoms with E-state index in [1.807, 2.05) is 0 Å². The first-order valence-corrected chi connectivity index (χ1v) is 8.68. The Bertz CT molecular complexity index is 618. The van der Waals surface area contributed by atoms with E-state index in [1.54, 1.807) is 7.05 Å². The SMILES string of the molecule is CN=C(NCc1cn(C)nc1C(F)(F)F)N1CCC(N2CCCC2)C1. The highest BCUT2D eigenvalue weighted by molar-refractivity contribution is 5.80. The van der Waals surface area contributed by atoms with Gasteiger partial charge in [-0.15, -0.1) is 0 Å². The van der Waals surface area contributed by atoms with Crippen LogP contribution in [-0.2, 0) is 19.8 Å². The summed E-state index contributed by atoms with van der Waals surface area (Å²) in [4.78, 5) is 8.89. The Kier molecular flexibility index (Phi) is 5.21. The molecule has 0 bridgehead atoms. The van der Waals surface area contributed by atoms with Crippen LogP contribution >= 0.6 is 0 Å². The highest BCUT2D eigenvalue weighted by Gasteiger charge is 2.37. The average molecular weight is 358 g/mol. The zero-order valence-corrected chi connectivity index (χ0v) is 14.7. The Morgan fingerprint density at radius 2 is 2.04 bits per heavy atom. The van der Waals surface area contributed by atoms with Crippen LogP contribution in [0.3, 0.4) is 0 Å². The van der Waals surface area contributed by atoms with Gasteiger partial charge < -0.3 is 10.2 Å². The predicted octanol–water partition coefficient (Wildman–Crippen LogP) is 1.68. The third-order valence-electron chi connectivity index (χ3n) is 4.94. The predicted molar refractivity (Wildman–Crippen MR) is 89.2 cm³/mol. The summed E-state index contributed by atoms with van der Waals surface area (Å²) in [5.74, 6) is 0.652. The molecule has 0 radical (unpaired) electrons. The van der Waals surface area contributed by atoms with Gasteiger partial charge in [0, 0.05) is 51.5 Å². The van der Waals surface area contributed by atoms with E-state index >= 15 is 0 Å². The zero-order chi connectivity index (χ0) is 18.0. The van der Waals surface area contributed by atoms with E-state index in [0.717, 1.165) is 32.6 Å². The number of nitrogens with one attached hydrogen (secondary N) is 1. The molecule has 6 nitrogen and oxygen atoms in total. The fraction of sp³-hybridized carbons (Fsp3) is 0.750. The van der Waals surface area contributed by atoms with Crippen LogP contribution in [0.4, 0.5) is 13.2 Å². The quantitative estimate of drug-likeness (QED) is 0.660. The van der Waals surface area contributed by atoms with Crippen molar-refractivity contribution in [2.45, 2.75) is 38.0 Å². The lowest BCUT2D eigenvalue weighted by atomic mass is 10.2. The molecule has 140 valence electrons. The maximum atomic E-state index is 13.0. The van der Waals surface area contributed by atoms with Crippen LogP contribution in [0.2, 0.25) is 0 Å². The molecule has 0 saturated carbocycles. The molecule has 2 saturated heterocycles. The third kappa shape index (κ3) is 4.08. The minimum Gasteiger partial charge on any atom is -0.352 e. The van der Waals surface area contributed by atoms with Crippen molar-refractivity contribution in [3.63, 3.8) is 0 Å². The molecule has 1 aromatic heterocycles. The van der Waals surface area contributed by atoms with Crippen molar-refractivity contribution in [2.75, 3.05) is 33.2 Å². The maximum Gasteiger partial charge on any atom is 0.435 e. The van der Waals surface area contributed by atoms with Crippen molar-refractivity contribution < 1.29 is 13.2 Å². The summed E-state index contributed by atoms with van der Waals surface area (Å²) in [6.45, 7) is 4.10. The lowest BCUT2D eigenvalue weighted by molar-refractivity contribution is -0.142. The molecular formula is C16H25F3N6. The molecule has 25 heavy (non-hydrogen) atoms. The first-order valence-electron chi connectivity index (χ1n) is 8.68. The lowest BCUT2D eigenvalue weighted by Crippen LogP contribution is -2.42. The number of nitrogens with zero attached hydrogens (tertiary/aromatic N) is 5. The molecule has 3 heterocycles. The van der Waals surface area contributed by atoms with Gasteiger partial charge in [-0.1, -0.05) is 0 Å². The summed E-state index contributed by atoms with van der Waals surface area (Å²) in [6, 6.07) is 0.519. The van der Waals surface area contributed by atoms with Crippen LogP contribution in [0, 0.1) is 0 Å². The molecule has 3 rings (SSSR count). The molecule has 0 amide bonds.